The second-order valence-corrected chi connectivity index (χ2v) is 11.1. The molecule has 1 aliphatic rings. The van der Waals surface area contributed by atoms with Crippen LogP contribution in [0.3, 0.4) is 0 Å². The third-order valence-electron chi connectivity index (χ3n) is 8.13. The number of unbranched alkanes of at least 4 members (excludes halogenated alkanes) is 5. The summed E-state index contributed by atoms with van der Waals surface area (Å²) in [6.07, 6.45) is 15.5. The number of benzene rings is 2. The molecule has 37 heavy (non-hydrogen) atoms. The number of hydrogen-bond donors (Lipinski definition) is 0. The number of ether oxygens (including phenoxy) is 1. The summed E-state index contributed by atoms with van der Waals surface area (Å²) in [5, 5.41) is 0. The Morgan fingerprint density at radius 1 is 0.757 bits per heavy atom. The maximum absolute atomic E-state index is 15.0. The van der Waals surface area contributed by atoms with Gasteiger partial charge in [0.15, 0.2) is 11.6 Å². The summed E-state index contributed by atoms with van der Waals surface area (Å²) in [6, 6.07) is 10.2. The zero-order valence-electron chi connectivity index (χ0n) is 23.1. The molecule has 1 saturated carbocycles. The van der Waals surface area contributed by atoms with Crippen LogP contribution in [0.4, 0.5) is 13.2 Å². The van der Waals surface area contributed by atoms with Crippen molar-refractivity contribution in [1.29, 1.82) is 0 Å². The van der Waals surface area contributed by atoms with E-state index in [2.05, 4.69) is 13.8 Å². The largest absolute Gasteiger partial charge is 0.491 e. The summed E-state index contributed by atoms with van der Waals surface area (Å²) >= 11 is 0. The normalized spacial score (nSPS) is 18.6. The van der Waals surface area contributed by atoms with Crippen LogP contribution >= 0.6 is 0 Å². The quantitative estimate of drug-likeness (QED) is 0.202. The Balaban J connectivity index is 1.47. The highest BCUT2D eigenvalue weighted by Gasteiger charge is 2.22. The Hall–Kier alpha value is -1.97. The van der Waals surface area contributed by atoms with Gasteiger partial charge in [0.25, 0.3) is 0 Å². The second-order valence-electron chi connectivity index (χ2n) is 11.1. The zero-order chi connectivity index (χ0) is 26.5. The van der Waals surface area contributed by atoms with Gasteiger partial charge in [-0.1, -0.05) is 115 Å². The molecule has 0 heterocycles. The SMILES string of the molecule is CCCCCCC(F)COc1ccc(-c2ccc(CCC3CCC(CCCCC)CC3)c(F)c2F)cc1. The molecule has 3 rings (SSSR count). The average molecular weight is 517 g/mol. The number of rotatable bonds is 16. The van der Waals surface area contributed by atoms with Crippen molar-refractivity contribution < 1.29 is 17.9 Å². The van der Waals surface area contributed by atoms with Crippen molar-refractivity contribution in [3.8, 4) is 16.9 Å². The van der Waals surface area contributed by atoms with Crippen LogP contribution in [-0.4, -0.2) is 12.8 Å². The van der Waals surface area contributed by atoms with E-state index in [0.29, 0.717) is 35.6 Å². The minimum atomic E-state index is -0.989. The molecule has 0 aliphatic heterocycles. The average Bonchev–Trinajstić information content (AvgIpc) is 2.92. The molecule has 2 aromatic carbocycles. The predicted molar refractivity (Wildman–Crippen MR) is 149 cm³/mol. The van der Waals surface area contributed by atoms with Crippen LogP contribution in [-0.2, 0) is 6.42 Å². The summed E-state index contributed by atoms with van der Waals surface area (Å²) in [6.45, 7) is 4.40. The lowest BCUT2D eigenvalue weighted by Gasteiger charge is -2.28. The minimum absolute atomic E-state index is 0.0175. The molecule has 1 fully saturated rings. The molecule has 0 radical (unpaired) electrons. The van der Waals surface area contributed by atoms with Crippen molar-refractivity contribution in [3.63, 3.8) is 0 Å². The van der Waals surface area contributed by atoms with E-state index in [1.54, 1.807) is 36.4 Å². The van der Waals surface area contributed by atoms with Gasteiger partial charge in [0.2, 0.25) is 0 Å². The Bertz CT molecular complexity index is 903. The van der Waals surface area contributed by atoms with Crippen molar-refractivity contribution in [2.75, 3.05) is 6.61 Å². The van der Waals surface area contributed by atoms with Gasteiger partial charge in [-0.25, -0.2) is 13.2 Å². The lowest BCUT2D eigenvalue weighted by Crippen LogP contribution is -2.15. The summed E-state index contributed by atoms with van der Waals surface area (Å²) in [4.78, 5) is 0. The fraction of sp³-hybridized carbons (Fsp3) is 0.636. The summed E-state index contributed by atoms with van der Waals surface area (Å²) in [7, 11) is 0. The zero-order valence-corrected chi connectivity index (χ0v) is 23.1. The van der Waals surface area contributed by atoms with Gasteiger partial charge in [-0.3, -0.25) is 0 Å². The molecule has 0 N–H and O–H groups in total. The molecule has 0 bridgehead atoms. The third kappa shape index (κ3) is 9.69. The topological polar surface area (TPSA) is 9.23 Å². The highest BCUT2D eigenvalue weighted by atomic mass is 19.2. The first-order valence-corrected chi connectivity index (χ1v) is 14.9. The van der Waals surface area contributed by atoms with E-state index < -0.39 is 17.8 Å². The molecule has 0 spiro atoms. The number of aryl methyl sites for hydroxylation is 1. The van der Waals surface area contributed by atoms with E-state index in [1.165, 1.54) is 51.4 Å². The van der Waals surface area contributed by atoms with Crippen molar-refractivity contribution in [2.45, 2.75) is 116 Å². The Kier molecular flexibility index (Phi) is 12.9. The van der Waals surface area contributed by atoms with E-state index in [4.69, 9.17) is 4.74 Å². The monoisotopic (exact) mass is 516 g/mol. The van der Waals surface area contributed by atoms with Gasteiger partial charge in [-0.15, -0.1) is 0 Å². The number of hydrogen-bond acceptors (Lipinski definition) is 1. The molecule has 206 valence electrons. The molecular formula is C33H47F3O. The molecule has 1 atom stereocenters. The van der Waals surface area contributed by atoms with Gasteiger partial charge in [0.05, 0.1) is 0 Å². The smallest absolute Gasteiger partial charge is 0.166 e. The lowest BCUT2D eigenvalue weighted by molar-refractivity contribution is 0.184. The predicted octanol–water partition coefficient (Wildman–Crippen LogP) is 10.6. The molecule has 4 heteroatoms. The van der Waals surface area contributed by atoms with Crippen LogP contribution < -0.4 is 4.74 Å². The second kappa shape index (κ2) is 16.1. The first-order chi connectivity index (χ1) is 18.0. The number of halogens is 3. The minimum Gasteiger partial charge on any atom is -0.491 e. The van der Waals surface area contributed by atoms with Gasteiger partial charge in [-0.05, 0) is 54.4 Å². The van der Waals surface area contributed by atoms with Crippen LogP contribution in [0.15, 0.2) is 36.4 Å². The molecule has 0 amide bonds. The standard InChI is InChI=1S/C33H47F3O/c1-3-5-7-9-11-29(34)24-37-30-21-18-27(19-22-30)31-23-20-28(32(35)33(31)36)17-16-26-14-12-25(13-15-26)10-8-6-4-2/h18-23,25-26,29H,3-17,24H2,1-2H3. The first-order valence-electron chi connectivity index (χ1n) is 14.9. The third-order valence-corrected chi connectivity index (χ3v) is 8.13. The summed E-state index contributed by atoms with van der Waals surface area (Å²) < 4.78 is 49.5. The highest BCUT2D eigenvalue weighted by Crippen LogP contribution is 2.35. The van der Waals surface area contributed by atoms with Crippen LogP contribution in [0.1, 0.15) is 109 Å². The Morgan fingerprint density at radius 3 is 2.08 bits per heavy atom. The lowest BCUT2D eigenvalue weighted by atomic mass is 9.77. The highest BCUT2D eigenvalue weighted by molar-refractivity contribution is 5.65. The van der Waals surface area contributed by atoms with Crippen LogP contribution in [0, 0.1) is 23.5 Å². The van der Waals surface area contributed by atoms with Crippen molar-refractivity contribution >= 4 is 0 Å². The fourth-order valence-electron chi connectivity index (χ4n) is 5.65. The molecule has 0 aromatic heterocycles. The van der Waals surface area contributed by atoms with Crippen LogP contribution in [0.5, 0.6) is 5.75 Å². The molecule has 2 aromatic rings. The van der Waals surface area contributed by atoms with Crippen LogP contribution in [0.25, 0.3) is 11.1 Å². The van der Waals surface area contributed by atoms with E-state index in [-0.39, 0.29) is 12.2 Å². The molecule has 0 saturated heterocycles. The van der Waals surface area contributed by atoms with E-state index in [9.17, 15) is 13.2 Å². The fourth-order valence-corrected chi connectivity index (χ4v) is 5.65. The van der Waals surface area contributed by atoms with Gasteiger partial charge >= 0.3 is 0 Å². The van der Waals surface area contributed by atoms with Gasteiger partial charge in [0, 0.05) is 5.56 Å². The van der Waals surface area contributed by atoms with Gasteiger partial charge < -0.3 is 4.74 Å². The Morgan fingerprint density at radius 2 is 1.41 bits per heavy atom. The maximum Gasteiger partial charge on any atom is 0.166 e. The van der Waals surface area contributed by atoms with Crippen molar-refractivity contribution in [3.05, 3.63) is 53.6 Å². The molecule has 1 unspecified atom stereocenters. The summed E-state index contributed by atoms with van der Waals surface area (Å²) in [5.74, 6) is 0.507. The van der Waals surface area contributed by atoms with Gasteiger partial charge in [-0.2, -0.15) is 0 Å². The van der Waals surface area contributed by atoms with E-state index in [0.717, 1.165) is 38.0 Å². The maximum atomic E-state index is 15.0. The number of alkyl halides is 1. The van der Waals surface area contributed by atoms with E-state index in [1.807, 2.05) is 0 Å². The van der Waals surface area contributed by atoms with Crippen molar-refractivity contribution in [2.24, 2.45) is 11.8 Å². The van der Waals surface area contributed by atoms with Crippen molar-refractivity contribution in [1.82, 2.24) is 0 Å². The van der Waals surface area contributed by atoms with E-state index >= 15 is 0 Å². The van der Waals surface area contributed by atoms with Gasteiger partial charge in [0.1, 0.15) is 18.5 Å². The Labute approximate surface area is 223 Å². The summed E-state index contributed by atoms with van der Waals surface area (Å²) in [5.41, 5.74) is 1.31. The molecule has 1 nitrogen and oxygen atoms in total. The molecule has 1 aliphatic carbocycles. The van der Waals surface area contributed by atoms with Crippen LogP contribution in [0.2, 0.25) is 0 Å². The first kappa shape index (κ1) is 29.6. The molecular weight excluding hydrogens is 469 g/mol.